The first-order valence-electron chi connectivity index (χ1n) is 8.62. The van der Waals surface area contributed by atoms with Crippen molar-refractivity contribution in [1.29, 1.82) is 0 Å². The van der Waals surface area contributed by atoms with Crippen LogP contribution in [0.4, 0.5) is 0 Å². The minimum Gasteiger partial charge on any atom is -0.465 e. The summed E-state index contributed by atoms with van der Waals surface area (Å²) in [4.78, 5) is 46.5. The fourth-order valence-electron chi connectivity index (χ4n) is 2.37. The predicted octanol–water partition coefficient (Wildman–Crippen LogP) is 2.41. The molecular weight excluding hydrogens is 400 g/mol. The quantitative estimate of drug-likeness (QED) is 0.356. The van der Waals surface area contributed by atoms with Gasteiger partial charge < -0.3 is 27.8 Å². The lowest BCUT2D eigenvalue weighted by Gasteiger charge is -1.99. The largest absolute Gasteiger partial charge is 0.465 e. The van der Waals surface area contributed by atoms with Gasteiger partial charge in [0.25, 0.3) is 0 Å². The molecule has 0 bridgehead atoms. The minimum absolute atomic E-state index is 0.228. The fraction of sp³-hybridized carbons (Fsp3) is 0.300. The van der Waals surface area contributed by atoms with Gasteiger partial charge in [-0.3, -0.25) is 0 Å². The summed E-state index contributed by atoms with van der Waals surface area (Å²) in [6, 6.07) is 2.81. The third-order valence-corrected chi connectivity index (χ3v) is 3.82. The highest BCUT2D eigenvalue weighted by molar-refractivity contribution is 5.92. The van der Waals surface area contributed by atoms with Crippen molar-refractivity contribution in [2.24, 2.45) is 0 Å². The van der Waals surface area contributed by atoms with Gasteiger partial charge in [-0.05, 0) is 26.0 Å². The van der Waals surface area contributed by atoms with Gasteiger partial charge in [-0.1, -0.05) is 0 Å². The summed E-state index contributed by atoms with van der Waals surface area (Å²) in [6.45, 7) is 2.67. The molecule has 0 saturated heterocycles. The molecule has 0 aliphatic heterocycles. The van der Waals surface area contributed by atoms with Crippen molar-refractivity contribution < 1.29 is 47.0 Å². The number of aryl methyl sites for hydroxylation is 2. The van der Waals surface area contributed by atoms with Gasteiger partial charge in [-0.25, -0.2) is 19.2 Å². The third-order valence-electron chi connectivity index (χ3n) is 3.82. The average molecular weight is 420 g/mol. The Morgan fingerprint density at radius 1 is 0.767 bits per heavy atom. The van der Waals surface area contributed by atoms with E-state index < -0.39 is 23.9 Å². The lowest BCUT2D eigenvalue weighted by molar-refractivity contribution is -0.142. The average Bonchev–Trinajstić information content (AvgIpc) is 3.29. The number of carbonyl (C=O) groups excluding carboxylic acids is 4. The molecule has 0 radical (unpaired) electrons. The van der Waals surface area contributed by atoms with E-state index in [9.17, 15) is 19.2 Å². The van der Waals surface area contributed by atoms with Gasteiger partial charge in [-0.2, -0.15) is 0 Å². The Morgan fingerprint density at radius 3 is 1.47 bits per heavy atom. The molecule has 2 aromatic heterocycles. The summed E-state index contributed by atoms with van der Waals surface area (Å²) in [5.41, 5.74) is 0.456. The number of hydrogen-bond acceptors (Lipinski definition) is 10. The number of carbonyl (C=O) groups is 4. The van der Waals surface area contributed by atoms with Crippen LogP contribution in [0.15, 0.2) is 33.1 Å². The Morgan fingerprint density at radius 2 is 1.13 bits per heavy atom. The highest BCUT2D eigenvalue weighted by atomic mass is 16.6. The molecule has 2 rings (SSSR count). The second kappa shape index (κ2) is 10.1. The molecular formula is C20H20O10. The number of esters is 4. The summed E-state index contributed by atoms with van der Waals surface area (Å²) in [5, 5.41) is 0. The Kier molecular flexibility index (Phi) is 7.56. The molecule has 0 N–H and O–H groups in total. The molecule has 0 spiro atoms. The van der Waals surface area contributed by atoms with Gasteiger partial charge >= 0.3 is 23.9 Å². The lowest BCUT2D eigenvalue weighted by atomic mass is 10.2. The smallest absolute Gasteiger partial charge is 0.341 e. The van der Waals surface area contributed by atoms with Crippen LogP contribution in [0.5, 0.6) is 0 Å². The van der Waals surface area contributed by atoms with Crippen LogP contribution >= 0.6 is 0 Å². The Labute approximate surface area is 171 Å². The zero-order valence-electron chi connectivity index (χ0n) is 16.8. The van der Waals surface area contributed by atoms with Gasteiger partial charge in [0.2, 0.25) is 0 Å². The highest BCUT2D eigenvalue weighted by Crippen LogP contribution is 2.17. The monoisotopic (exact) mass is 420 g/mol. The maximum atomic E-state index is 11.7. The summed E-state index contributed by atoms with van der Waals surface area (Å²) in [7, 11) is 2.48. The number of hydrogen-bond donors (Lipinski definition) is 0. The maximum Gasteiger partial charge on any atom is 0.341 e. The Hall–Kier alpha value is -3.82. The Bertz CT molecular complexity index is 898. The van der Waals surface area contributed by atoms with Gasteiger partial charge in [0, 0.05) is 12.2 Å². The number of rotatable bonds is 8. The SMILES string of the molecule is COC(=O)c1cc(COC(=O)C=CC(=O)OCc2cc(C(=O)OC)c(C)o2)oc1C. The molecule has 0 aliphatic carbocycles. The van der Waals surface area contributed by atoms with Gasteiger partial charge in [0.05, 0.1) is 14.2 Å². The predicted molar refractivity (Wildman–Crippen MR) is 98.3 cm³/mol. The standard InChI is InChI=1S/C20H20O10/c1-11-15(19(23)25-3)7-13(29-11)9-27-17(21)5-6-18(22)28-10-14-8-16(12(2)30-14)20(24)26-4/h5-8H,9-10H2,1-4H3. The van der Waals surface area contributed by atoms with Crippen LogP contribution in [-0.4, -0.2) is 38.1 Å². The van der Waals surface area contributed by atoms with Crippen molar-refractivity contribution in [3.8, 4) is 0 Å². The molecule has 10 heteroatoms. The molecule has 0 amide bonds. The highest BCUT2D eigenvalue weighted by Gasteiger charge is 2.17. The van der Waals surface area contributed by atoms with Crippen molar-refractivity contribution in [2.75, 3.05) is 14.2 Å². The molecule has 0 aromatic carbocycles. The van der Waals surface area contributed by atoms with E-state index in [0.717, 1.165) is 12.2 Å². The van der Waals surface area contributed by atoms with E-state index in [1.807, 2.05) is 0 Å². The molecule has 0 fully saturated rings. The minimum atomic E-state index is -0.817. The van der Waals surface area contributed by atoms with E-state index in [1.165, 1.54) is 26.4 Å². The van der Waals surface area contributed by atoms with Crippen molar-refractivity contribution in [1.82, 2.24) is 0 Å². The Balaban J connectivity index is 1.81. The zero-order chi connectivity index (χ0) is 22.3. The summed E-state index contributed by atoms with van der Waals surface area (Å²) >= 11 is 0. The van der Waals surface area contributed by atoms with E-state index in [4.69, 9.17) is 18.3 Å². The molecule has 0 saturated carbocycles. The molecule has 0 unspecified atom stereocenters. The number of furan rings is 2. The zero-order valence-corrected chi connectivity index (χ0v) is 16.8. The first-order valence-corrected chi connectivity index (χ1v) is 8.62. The first-order chi connectivity index (χ1) is 14.2. The molecule has 0 atom stereocenters. The summed E-state index contributed by atoms with van der Waals surface area (Å²) in [5.74, 6) is -1.63. The van der Waals surface area contributed by atoms with Crippen LogP contribution < -0.4 is 0 Å². The maximum absolute atomic E-state index is 11.7. The van der Waals surface area contributed by atoms with Crippen LogP contribution in [0.25, 0.3) is 0 Å². The van der Waals surface area contributed by atoms with Gasteiger partial charge in [0.1, 0.15) is 47.4 Å². The van der Waals surface area contributed by atoms with Gasteiger partial charge in [-0.15, -0.1) is 0 Å². The molecule has 160 valence electrons. The molecule has 2 heterocycles. The summed E-state index contributed by atoms with van der Waals surface area (Å²) in [6.07, 6.45) is 1.76. The van der Waals surface area contributed by atoms with Crippen molar-refractivity contribution in [3.05, 3.63) is 58.5 Å². The van der Waals surface area contributed by atoms with E-state index in [-0.39, 0.29) is 35.9 Å². The second-order valence-electron chi connectivity index (χ2n) is 5.90. The van der Waals surface area contributed by atoms with Crippen molar-refractivity contribution in [3.63, 3.8) is 0 Å². The number of ether oxygens (including phenoxy) is 4. The van der Waals surface area contributed by atoms with Crippen LogP contribution in [0, 0.1) is 13.8 Å². The number of methoxy groups -OCH3 is 2. The van der Waals surface area contributed by atoms with Crippen LogP contribution in [0.2, 0.25) is 0 Å². The molecule has 30 heavy (non-hydrogen) atoms. The van der Waals surface area contributed by atoms with E-state index in [1.54, 1.807) is 13.8 Å². The fourth-order valence-corrected chi connectivity index (χ4v) is 2.37. The first kappa shape index (κ1) is 22.5. The van der Waals surface area contributed by atoms with E-state index in [0.29, 0.717) is 11.5 Å². The van der Waals surface area contributed by atoms with E-state index in [2.05, 4.69) is 9.47 Å². The second-order valence-corrected chi connectivity index (χ2v) is 5.90. The van der Waals surface area contributed by atoms with E-state index >= 15 is 0 Å². The topological polar surface area (TPSA) is 131 Å². The third kappa shape index (κ3) is 5.84. The normalized spacial score (nSPS) is 10.7. The molecule has 2 aromatic rings. The molecule has 0 aliphatic rings. The van der Waals surface area contributed by atoms with Crippen LogP contribution in [0.3, 0.4) is 0 Å². The lowest BCUT2D eigenvalue weighted by Crippen LogP contribution is -2.04. The van der Waals surface area contributed by atoms with Crippen LogP contribution in [0.1, 0.15) is 43.8 Å². The van der Waals surface area contributed by atoms with Crippen molar-refractivity contribution >= 4 is 23.9 Å². The summed E-state index contributed by atoms with van der Waals surface area (Å²) < 4.78 is 29.7. The van der Waals surface area contributed by atoms with Crippen molar-refractivity contribution in [2.45, 2.75) is 27.1 Å². The molecule has 10 nitrogen and oxygen atoms in total. The van der Waals surface area contributed by atoms with Crippen LogP contribution in [-0.2, 0) is 41.8 Å². The van der Waals surface area contributed by atoms with Gasteiger partial charge in [0.15, 0.2) is 0 Å².